The number of aliphatic carboxylic acids is 1. The molecule has 0 bridgehead atoms. The first-order valence-corrected chi connectivity index (χ1v) is 11.2. The number of ether oxygens (including phenoxy) is 1. The molecule has 8 heteroatoms. The molecule has 1 amide bonds. The van der Waals surface area contributed by atoms with Crippen LogP contribution in [0.25, 0.3) is 10.9 Å². The number of carboxylic acids is 1. The van der Waals surface area contributed by atoms with Crippen LogP contribution in [0.5, 0.6) is 5.75 Å². The number of H-pyrrole nitrogens is 1. The molecule has 1 unspecified atom stereocenters. The number of nitrogens with zero attached hydrogens (tertiary/aromatic N) is 2. The van der Waals surface area contributed by atoms with Gasteiger partial charge in [-0.25, -0.2) is 0 Å². The molecule has 0 spiro atoms. The maximum atomic E-state index is 12.4. The van der Waals surface area contributed by atoms with Crippen molar-refractivity contribution in [2.45, 2.75) is 19.9 Å². The third-order valence-corrected chi connectivity index (χ3v) is 6.14. The van der Waals surface area contributed by atoms with E-state index in [1.807, 2.05) is 61.2 Å². The van der Waals surface area contributed by atoms with E-state index in [-0.39, 0.29) is 11.8 Å². The van der Waals surface area contributed by atoms with Crippen molar-refractivity contribution in [2.24, 2.45) is 5.92 Å². The second-order valence-electron chi connectivity index (χ2n) is 8.58. The minimum Gasteiger partial charge on any atom is -0.495 e. The third kappa shape index (κ3) is 4.66. The van der Waals surface area contributed by atoms with E-state index in [1.54, 1.807) is 13.3 Å². The second kappa shape index (κ2) is 9.54. The average molecular weight is 451 g/mol. The number of hydrogen-bond acceptors (Lipinski definition) is 5. The number of benzene rings is 2. The predicted molar refractivity (Wildman–Crippen MR) is 129 cm³/mol. The Labute approximate surface area is 193 Å². The molecule has 1 aliphatic rings. The molecule has 8 nitrogen and oxygen atoms in total. The van der Waals surface area contributed by atoms with Crippen LogP contribution < -0.4 is 15.0 Å². The van der Waals surface area contributed by atoms with Crippen LogP contribution in [-0.2, 0) is 9.59 Å². The molecule has 1 fully saturated rings. The Kier molecular flexibility index (Phi) is 6.55. The normalized spacial score (nSPS) is 15.6. The summed E-state index contributed by atoms with van der Waals surface area (Å²) >= 11 is 0. The highest BCUT2D eigenvalue weighted by atomic mass is 16.5. The Balaban J connectivity index is 1.57. The predicted octanol–water partition coefficient (Wildman–Crippen LogP) is 3.72. The van der Waals surface area contributed by atoms with Crippen LogP contribution in [0.1, 0.15) is 25.5 Å². The van der Waals surface area contributed by atoms with Gasteiger partial charge in [0.05, 0.1) is 12.8 Å². The summed E-state index contributed by atoms with van der Waals surface area (Å²) in [5.41, 5.74) is 3.21. The van der Waals surface area contributed by atoms with E-state index in [9.17, 15) is 14.7 Å². The maximum absolute atomic E-state index is 12.4. The lowest BCUT2D eigenvalue weighted by Crippen LogP contribution is -2.49. The number of piperazine rings is 1. The average Bonchev–Trinajstić information content (AvgIpc) is 3.22. The van der Waals surface area contributed by atoms with Crippen molar-refractivity contribution < 1.29 is 19.4 Å². The zero-order valence-electron chi connectivity index (χ0n) is 19.2. The minimum absolute atomic E-state index is 0.0753. The molecule has 0 radical (unpaired) electrons. The molecule has 2 aromatic carbocycles. The van der Waals surface area contributed by atoms with Gasteiger partial charge in [-0.05, 0) is 30.3 Å². The van der Waals surface area contributed by atoms with E-state index in [4.69, 9.17) is 4.74 Å². The standard InChI is InChI=1S/C25H30N4O4/c1-16(2)24(30)27-17-8-9-20-18(14-17)19(15-26-20)23(25(31)32)29-12-10-28(11-13-29)21-6-4-5-7-22(21)33-3/h4-9,14-16,23,26H,10-13H2,1-3H3,(H,27,30)(H,31,32). The van der Waals surface area contributed by atoms with E-state index in [0.29, 0.717) is 37.4 Å². The van der Waals surface area contributed by atoms with E-state index < -0.39 is 12.0 Å². The van der Waals surface area contributed by atoms with Gasteiger partial charge in [0.1, 0.15) is 11.8 Å². The summed E-state index contributed by atoms with van der Waals surface area (Å²) in [5, 5.41) is 13.9. The van der Waals surface area contributed by atoms with Gasteiger partial charge in [-0.1, -0.05) is 26.0 Å². The number of nitrogens with one attached hydrogen (secondary N) is 2. The summed E-state index contributed by atoms with van der Waals surface area (Å²) in [6.07, 6.45) is 1.77. The van der Waals surface area contributed by atoms with Crippen molar-refractivity contribution in [1.29, 1.82) is 0 Å². The monoisotopic (exact) mass is 450 g/mol. The summed E-state index contributed by atoms with van der Waals surface area (Å²) in [6, 6.07) is 12.6. The second-order valence-corrected chi connectivity index (χ2v) is 8.58. The number of para-hydroxylation sites is 2. The van der Waals surface area contributed by atoms with Gasteiger partial charge in [0, 0.05) is 60.4 Å². The van der Waals surface area contributed by atoms with Crippen molar-refractivity contribution in [2.75, 3.05) is 43.5 Å². The lowest BCUT2D eigenvalue weighted by Gasteiger charge is -2.39. The fourth-order valence-corrected chi connectivity index (χ4v) is 4.33. The van der Waals surface area contributed by atoms with Crippen LogP contribution in [0.4, 0.5) is 11.4 Å². The summed E-state index contributed by atoms with van der Waals surface area (Å²) in [4.78, 5) is 31.9. The van der Waals surface area contributed by atoms with E-state index in [0.717, 1.165) is 22.3 Å². The SMILES string of the molecule is COc1ccccc1N1CCN(C(C(=O)O)c2c[nH]c3ccc(NC(=O)C(C)C)cc23)CC1. The molecular weight excluding hydrogens is 420 g/mol. The van der Waals surface area contributed by atoms with Crippen molar-refractivity contribution in [3.8, 4) is 5.75 Å². The lowest BCUT2D eigenvalue weighted by atomic mass is 10.0. The lowest BCUT2D eigenvalue weighted by molar-refractivity contribution is -0.143. The molecule has 4 rings (SSSR count). The van der Waals surface area contributed by atoms with Gasteiger partial charge >= 0.3 is 5.97 Å². The van der Waals surface area contributed by atoms with Crippen LogP contribution in [-0.4, -0.2) is 60.2 Å². The maximum Gasteiger partial charge on any atom is 0.325 e. The van der Waals surface area contributed by atoms with Gasteiger partial charge in [-0.3, -0.25) is 14.5 Å². The van der Waals surface area contributed by atoms with E-state index in [2.05, 4.69) is 15.2 Å². The quantitative estimate of drug-likeness (QED) is 0.508. The molecule has 2 heterocycles. The highest BCUT2D eigenvalue weighted by Gasteiger charge is 2.32. The number of rotatable bonds is 7. The van der Waals surface area contributed by atoms with Crippen molar-refractivity contribution in [3.05, 3.63) is 54.2 Å². The molecule has 3 N–H and O–H groups in total. The number of hydrogen-bond donors (Lipinski definition) is 3. The highest BCUT2D eigenvalue weighted by Crippen LogP contribution is 2.33. The third-order valence-electron chi connectivity index (χ3n) is 6.14. The number of carboxylic acid groups (broad SMARTS) is 1. The number of carbonyl (C=O) groups is 2. The molecular formula is C25H30N4O4. The van der Waals surface area contributed by atoms with Crippen LogP contribution in [0.15, 0.2) is 48.7 Å². The number of aromatic nitrogens is 1. The van der Waals surface area contributed by atoms with Gasteiger partial charge in [0.2, 0.25) is 5.91 Å². The van der Waals surface area contributed by atoms with Gasteiger partial charge in [0.25, 0.3) is 0 Å². The zero-order chi connectivity index (χ0) is 23.5. The van der Waals surface area contributed by atoms with Crippen molar-refractivity contribution in [1.82, 2.24) is 9.88 Å². The minimum atomic E-state index is -0.890. The van der Waals surface area contributed by atoms with Crippen LogP contribution >= 0.6 is 0 Å². The Bertz CT molecular complexity index is 1150. The first kappa shape index (κ1) is 22.7. The molecule has 1 atom stereocenters. The Hall–Kier alpha value is -3.52. The van der Waals surface area contributed by atoms with Crippen molar-refractivity contribution >= 4 is 34.2 Å². The smallest absolute Gasteiger partial charge is 0.325 e. The molecule has 1 aromatic heterocycles. The number of fused-ring (bicyclic) bond motifs is 1. The number of anilines is 2. The molecule has 0 saturated carbocycles. The number of methoxy groups -OCH3 is 1. The fourth-order valence-electron chi connectivity index (χ4n) is 4.33. The van der Waals surface area contributed by atoms with Crippen LogP contribution in [0, 0.1) is 5.92 Å². The summed E-state index contributed by atoms with van der Waals surface area (Å²) in [6.45, 7) is 6.27. The molecule has 33 heavy (non-hydrogen) atoms. The Morgan fingerprint density at radius 1 is 1.09 bits per heavy atom. The molecule has 1 aliphatic heterocycles. The first-order valence-electron chi connectivity index (χ1n) is 11.2. The fraction of sp³-hybridized carbons (Fsp3) is 0.360. The number of carbonyl (C=O) groups excluding carboxylic acids is 1. The van der Waals surface area contributed by atoms with Crippen LogP contribution in [0.2, 0.25) is 0 Å². The summed E-state index contributed by atoms with van der Waals surface area (Å²) in [5.74, 6) is -0.294. The molecule has 1 saturated heterocycles. The number of amides is 1. The van der Waals surface area contributed by atoms with E-state index >= 15 is 0 Å². The topological polar surface area (TPSA) is 97.9 Å². The van der Waals surface area contributed by atoms with Gasteiger partial charge in [0.15, 0.2) is 0 Å². The summed E-state index contributed by atoms with van der Waals surface area (Å²) < 4.78 is 5.49. The van der Waals surface area contributed by atoms with E-state index in [1.165, 1.54) is 0 Å². The van der Waals surface area contributed by atoms with Gasteiger partial charge in [-0.15, -0.1) is 0 Å². The number of aromatic amines is 1. The molecule has 3 aromatic rings. The first-order chi connectivity index (χ1) is 15.9. The Morgan fingerprint density at radius 3 is 2.48 bits per heavy atom. The molecule has 174 valence electrons. The Morgan fingerprint density at radius 2 is 1.82 bits per heavy atom. The largest absolute Gasteiger partial charge is 0.495 e. The van der Waals surface area contributed by atoms with Gasteiger partial charge < -0.3 is 25.0 Å². The summed E-state index contributed by atoms with van der Waals surface area (Å²) in [7, 11) is 1.66. The highest BCUT2D eigenvalue weighted by molar-refractivity contribution is 5.96. The zero-order valence-corrected chi connectivity index (χ0v) is 19.2. The van der Waals surface area contributed by atoms with Gasteiger partial charge in [-0.2, -0.15) is 0 Å². The van der Waals surface area contributed by atoms with Crippen molar-refractivity contribution in [3.63, 3.8) is 0 Å². The molecule has 0 aliphatic carbocycles. The van der Waals surface area contributed by atoms with Crippen LogP contribution in [0.3, 0.4) is 0 Å².